The van der Waals surface area contributed by atoms with E-state index in [1.54, 1.807) is 6.07 Å². The molecule has 0 aliphatic carbocycles. The van der Waals surface area contributed by atoms with Crippen LogP contribution in [0.4, 0.5) is 4.39 Å². The summed E-state index contributed by atoms with van der Waals surface area (Å²) < 4.78 is 13.8. The van der Waals surface area contributed by atoms with Crippen LogP contribution in [0, 0.1) is 5.82 Å². The van der Waals surface area contributed by atoms with Crippen molar-refractivity contribution in [2.24, 2.45) is 0 Å². The van der Waals surface area contributed by atoms with Gasteiger partial charge >= 0.3 is 0 Å². The average Bonchev–Trinajstić information content (AvgIpc) is 2.42. The van der Waals surface area contributed by atoms with Crippen LogP contribution in [0.3, 0.4) is 0 Å². The van der Waals surface area contributed by atoms with Crippen molar-refractivity contribution < 1.29 is 9.18 Å². The van der Waals surface area contributed by atoms with E-state index in [2.05, 4.69) is 45.1 Å². The Bertz CT molecular complexity index is 497. The van der Waals surface area contributed by atoms with Crippen LogP contribution in [0.25, 0.3) is 0 Å². The number of piperazine rings is 1. The molecule has 0 radical (unpaired) electrons. The van der Waals surface area contributed by atoms with Crippen LogP contribution in [0.1, 0.15) is 10.4 Å². The quantitative estimate of drug-likeness (QED) is 0.904. The molecule has 1 fully saturated rings. The van der Waals surface area contributed by atoms with Gasteiger partial charge < -0.3 is 10.2 Å². The van der Waals surface area contributed by atoms with E-state index in [1.807, 2.05) is 0 Å². The zero-order chi connectivity index (χ0) is 14.7. The Morgan fingerprint density at radius 3 is 2.95 bits per heavy atom. The molecule has 1 aromatic rings. The Hall–Kier alpha value is -0.980. The van der Waals surface area contributed by atoms with Crippen molar-refractivity contribution in [3.8, 4) is 0 Å². The Kier molecular flexibility index (Phi) is 5.12. The second-order valence-corrected chi connectivity index (χ2v) is 6.09. The predicted octanol–water partition coefficient (Wildman–Crippen LogP) is 1.56. The Morgan fingerprint density at radius 1 is 1.45 bits per heavy atom. The van der Waals surface area contributed by atoms with Gasteiger partial charge in [0.05, 0.1) is 5.56 Å². The van der Waals surface area contributed by atoms with Crippen LogP contribution < -0.4 is 5.32 Å². The predicted molar refractivity (Wildman–Crippen MR) is 80.3 cm³/mol. The fourth-order valence-electron chi connectivity index (χ4n) is 2.30. The number of hydrogen-bond donors (Lipinski definition) is 1. The van der Waals surface area contributed by atoms with E-state index < -0.39 is 5.82 Å². The van der Waals surface area contributed by atoms with Crippen molar-refractivity contribution in [2.45, 2.75) is 6.04 Å². The topological polar surface area (TPSA) is 35.6 Å². The summed E-state index contributed by atoms with van der Waals surface area (Å²) in [6.07, 6.45) is 0. The summed E-state index contributed by atoms with van der Waals surface area (Å²) in [5, 5.41) is 2.88. The van der Waals surface area contributed by atoms with Crippen molar-refractivity contribution in [2.75, 3.05) is 40.3 Å². The van der Waals surface area contributed by atoms with Crippen LogP contribution in [-0.4, -0.2) is 62.0 Å². The van der Waals surface area contributed by atoms with Crippen LogP contribution in [0.15, 0.2) is 22.7 Å². The van der Waals surface area contributed by atoms with Gasteiger partial charge in [0.25, 0.3) is 5.91 Å². The third-order valence-electron chi connectivity index (χ3n) is 3.65. The standard InChI is InChI=1S/C14H19BrFN3O/c1-18-5-6-19(2)11(9-18)8-17-14(20)12-7-10(16)3-4-13(12)15/h3-4,7,11H,5-6,8-9H2,1-2H3,(H,17,20). The highest BCUT2D eigenvalue weighted by Gasteiger charge is 2.23. The zero-order valence-electron chi connectivity index (χ0n) is 11.7. The molecule has 1 N–H and O–H groups in total. The average molecular weight is 344 g/mol. The lowest BCUT2D eigenvalue weighted by Gasteiger charge is -2.37. The number of carbonyl (C=O) groups excluding carboxylic acids is 1. The third kappa shape index (κ3) is 3.77. The molecule has 4 nitrogen and oxygen atoms in total. The van der Waals surface area contributed by atoms with Crippen LogP contribution in [0.2, 0.25) is 0 Å². The summed E-state index contributed by atoms with van der Waals surface area (Å²) >= 11 is 3.27. The molecule has 110 valence electrons. The van der Waals surface area contributed by atoms with E-state index in [0.29, 0.717) is 16.6 Å². The van der Waals surface area contributed by atoms with E-state index in [-0.39, 0.29) is 11.9 Å². The molecule has 1 atom stereocenters. The molecule has 0 spiro atoms. The summed E-state index contributed by atoms with van der Waals surface area (Å²) in [7, 11) is 4.13. The summed E-state index contributed by atoms with van der Waals surface area (Å²) in [4.78, 5) is 16.6. The zero-order valence-corrected chi connectivity index (χ0v) is 13.3. The molecule has 1 aliphatic rings. The number of amides is 1. The van der Waals surface area contributed by atoms with Crippen LogP contribution in [-0.2, 0) is 0 Å². The Morgan fingerprint density at radius 2 is 2.20 bits per heavy atom. The van der Waals surface area contributed by atoms with E-state index >= 15 is 0 Å². The minimum Gasteiger partial charge on any atom is -0.350 e. The number of nitrogens with zero attached hydrogens (tertiary/aromatic N) is 2. The molecule has 1 saturated heterocycles. The minimum absolute atomic E-state index is 0.252. The van der Waals surface area contributed by atoms with Gasteiger partial charge in [-0.3, -0.25) is 9.69 Å². The summed E-state index contributed by atoms with van der Waals surface area (Å²) in [6.45, 7) is 3.50. The van der Waals surface area contributed by atoms with Gasteiger partial charge in [0.1, 0.15) is 5.82 Å². The number of likely N-dealkylation sites (N-methyl/N-ethyl adjacent to an activating group) is 2. The van der Waals surface area contributed by atoms with Crippen molar-refractivity contribution in [1.29, 1.82) is 0 Å². The smallest absolute Gasteiger partial charge is 0.252 e. The van der Waals surface area contributed by atoms with Crippen LogP contribution >= 0.6 is 15.9 Å². The summed E-state index contributed by atoms with van der Waals surface area (Å²) in [5.74, 6) is -0.661. The van der Waals surface area contributed by atoms with Gasteiger partial charge in [0.15, 0.2) is 0 Å². The molecule has 1 aliphatic heterocycles. The maximum absolute atomic E-state index is 13.2. The van der Waals surface area contributed by atoms with E-state index in [0.717, 1.165) is 19.6 Å². The largest absolute Gasteiger partial charge is 0.350 e. The second-order valence-electron chi connectivity index (χ2n) is 5.23. The number of hydrogen-bond acceptors (Lipinski definition) is 3. The first-order valence-electron chi connectivity index (χ1n) is 6.59. The molecule has 0 saturated carbocycles. The van der Waals surface area contributed by atoms with Crippen molar-refractivity contribution >= 4 is 21.8 Å². The van der Waals surface area contributed by atoms with E-state index in [4.69, 9.17) is 0 Å². The Labute approximate surface area is 127 Å². The molecule has 2 rings (SSSR count). The number of halogens is 2. The van der Waals surface area contributed by atoms with Crippen molar-refractivity contribution in [3.63, 3.8) is 0 Å². The molecule has 0 aromatic heterocycles. The maximum Gasteiger partial charge on any atom is 0.252 e. The molecule has 1 aromatic carbocycles. The highest BCUT2D eigenvalue weighted by molar-refractivity contribution is 9.10. The summed E-state index contributed by atoms with van der Waals surface area (Å²) in [6, 6.07) is 4.40. The molecular weight excluding hydrogens is 325 g/mol. The lowest BCUT2D eigenvalue weighted by Crippen LogP contribution is -2.54. The first-order valence-corrected chi connectivity index (χ1v) is 7.38. The molecule has 1 unspecified atom stereocenters. The number of rotatable bonds is 3. The molecule has 20 heavy (non-hydrogen) atoms. The fraction of sp³-hybridized carbons (Fsp3) is 0.500. The Balaban J connectivity index is 1.96. The molecular formula is C14H19BrFN3O. The lowest BCUT2D eigenvalue weighted by molar-refractivity contribution is 0.0880. The second kappa shape index (κ2) is 6.65. The molecule has 1 amide bonds. The normalized spacial score (nSPS) is 20.9. The monoisotopic (exact) mass is 343 g/mol. The lowest BCUT2D eigenvalue weighted by atomic mass is 10.1. The third-order valence-corrected chi connectivity index (χ3v) is 4.34. The molecule has 0 bridgehead atoms. The number of benzene rings is 1. The van der Waals surface area contributed by atoms with Crippen molar-refractivity contribution in [3.05, 3.63) is 34.1 Å². The fourth-order valence-corrected chi connectivity index (χ4v) is 2.73. The van der Waals surface area contributed by atoms with Gasteiger partial charge in [0, 0.05) is 36.7 Å². The van der Waals surface area contributed by atoms with Crippen LogP contribution in [0.5, 0.6) is 0 Å². The maximum atomic E-state index is 13.2. The van der Waals surface area contributed by atoms with Crippen molar-refractivity contribution in [1.82, 2.24) is 15.1 Å². The SMILES string of the molecule is CN1CCN(C)C(CNC(=O)c2cc(F)ccc2Br)C1. The number of nitrogens with one attached hydrogen (secondary N) is 1. The summed E-state index contributed by atoms with van der Waals surface area (Å²) in [5.41, 5.74) is 0.330. The van der Waals surface area contributed by atoms with Gasteiger partial charge in [0.2, 0.25) is 0 Å². The van der Waals surface area contributed by atoms with Gasteiger partial charge in [-0.25, -0.2) is 4.39 Å². The van der Waals surface area contributed by atoms with Gasteiger partial charge in [-0.1, -0.05) is 0 Å². The number of carbonyl (C=O) groups is 1. The first kappa shape index (κ1) is 15.4. The minimum atomic E-state index is -0.409. The molecule has 6 heteroatoms. The van der Waals surface area contributed by atoms with Gasteiger partial charge in [-0.15, -0.1) is 0 Å². The first-order chi connectivity index (χ1) is 9.47. The van der Waals surface area contributed by atoms with Gasteiger partial charge in [-0.2, -0.15) is 0 Å². The van der Waals surface area contributed by atoms with Gasteiger partial charge in [-0.05, 0) is 48.2 Å². The highest BCUT2D eigenvalue weighted by Crippen LogP contribution is 2.17. The van der Waals surface area contributed by atoms with E-state index in [9.17, 15) is 9.18 Å². The van der Waals surface area contributed by atoms with E-state index in [1.165, 1.54) is 12.1 Å². The highest BCUT2D eigenvalue weighted by atomic mass is 79.9. The molecule has 1 heterocycles.